The Morgan fingerprint density at radius 2 is 2.05 bits per heavy atom. The molecular weight excluding hydrogens is 254 g/mol. The normalized spacial score (nSPS) is 10.7. The van der Waals surface area contributed by atoms with Crippen LogP contribution in [0.5, 0.6) is 0 Å². The van der Waals surface area contributed by atoms with Crippen molar-refractivity contribution in [3.05, 3.63) is 53.5 Å². The van der Waals surface area contributed by atoms with Crippen molar-refractivity contribution in [1.82, 2.24) is 9.97 Å². The van der Waals surface area contributed by atoms with Crippen LogP contribution < -0.4 is 5.32 Å². The number of pyridine rings is 1. The van der Waals surface area contributed by atoms with Gasteiger partial charge in [-0.25, -0.2) is 4.98 Å². The van der Waals surface area contributed by atoms with Crippen LogP contribution in [0.2, 0.25) is 0 Å². The molecule has 0 saturated heterocycles. The molecule has 1 amide bonds. The summed E-state index contributed by atoms with van der Waals surface area (Å²) in [4.78, 5) is 20.5. The molecule has 0 saturated carbocycles. The first-order chi connectivity index (χ1) is 9.63. The maximum absolute atomic E-state index is 12.2. The third-order valence-electron chi connectivity index (χ3n) is 3.00. The Morgan fingerprint density at radius 3 is 2.85 bits per heavy atom. The van der Waals surface area contributed by atoms with E-state index in [1.54, 1.807) is 25.3 Å². The van der Waals surface area contributed by atoms with E-state index < -0.39 is 0 Å². The van der Waals surface area contributed by atoms with Crippen LogP contribution in [0.15, 0.2) is 40.9 Å². The summed E-state index contributed by atoms with van der Waals surface area (Å²) in [6, 6.07) is 9.14. The number of amides is 1. The lowest BCUT2D eigenvalue weighted by molar-refractivity contribution is 0.102. The van der Waals surface area contributed by atoms with Crippen LogP contribution in [0.25, 0.3) is 11.2 Å². The second kappa shape index (κ2) is 4.77. The number of nitrogens with one attached hydrogen (secondary N) is 1. The zero-order chi connectivity index (χ0) is 14.1. The number of aryl methyl sites for hydroxylation is 2. The molecule has 0 spiro atoms. The van der Waals surface area contributed by atoms with E-state index in [2.05, 4.69) is 15.3 Å². The minimum absolute atomic E-state index is 0.166. The Morgan fingerprint density at radius 1 is 1.25 bits per heavy atom. The minimum Gasteiger partial charge on any atom is -0.439 e. The molecule has 0 aliphatic heterocycles. The standard InChI is InChI=1S/C15H13N3O2/c1-9-5-3-4-6-12(9)15(19)18-11-7-13-14(16-8-11)17-10(2)20-13/h3-8H,1-2H3,(H,18,19). The quantitative estimate of drug-likeness (QED) is 0.774. The van der Waals surface area contributed by atoms with E-state index in [1.807, 2.05) is 25.1 Å². The van der Waals surface area contributed by atoms with E-state index in [0.717, 1.165) is 5.56 Å². The fourth-order valence-electron chi connectivity index (χ4n) is 2.02. The van der Waals surface area contributed by atoms with E-state index in [9.17, 15) is 4.79 Å². The number of oxazole rings is 1. The predicted molar refractivity (Wildman–Crippen MR) is 75.7 cm³/mol. The average molecular weight is 267 g/mol. The molecule has 3 rings (SSSR count). The van der Waals surface area contributed by atoms with Crippen LogP contribution in [0.1, 0.15) is 21.8 Å². The van der Waals surface area contributed by atoms with Gasteiger partial charge < -0.3 is 9.73 Å². The summed E-state index contributed by atoms with van der Waals surface area (Å²) in [6.07, 6.45) is 1.57. The highest BCUT2D eigenvalue weighted by Crippen LogP contribution is 2.18. The van der Waals surface area contributed by atoms with Crippen molar-refractivity contribution in [2.75, 3.05) is 5.32 Å². The molecule has 3 aromatic rings. The number of anilines is 1. The summed E-state index contributed by atoms with van der Waals surface area (Å²) < 4.78 is 5.39. The summed E-state index contributed by atoms with van der Waals surface area (Å²) in [7, 11) is 0. The van der Waals surface area contributed by atoms with Crippen molar-refractivity contribution >= 4 is 22.8 Å². The van der Waals surface area contributed by atoms with Gasteiger partial charge in [-0.1, -0.05) is 18.2 Å². The Kier molecular flexibility index (Phi) is 2.95. The number of hydrogen-bond acceptors (Lipinski definition) is 4. The first-order valence-electron chi connectivity index (χ1n) is 6.23. The lowest BCUT2D eigenvalue weighted by atomic mass is 10.1. The van der Waals surface area contributed by atoms with Crippen molar-refractivity contribution in [1.29, 1.82) is 0 Å². The van der Waals surface area contributed by atoms with Gasteiger partial charge in [0.2, 0.25) is 0 Å². The maximum atomic E-state index is 12.2. The number of rotatable bonds is 2. The number of benzene rings is 1. The SMILES string of the molecule is Cc1nc2ncc(NC(=O)c3ccccc3C)cc2o1. The molecule has 100 valence electrons. The summed E-state index contributed by atoms with van der Waals surface area (Å²) >= 11 is 0. The summed E-state index contributed by atoms with van der Waals surface area (Å²) in [5.74, 6) is 0.385. The zero-order valence-corrected chi connectivity index (χ0v) is 11.2. The molecule has 20 heavy (non-hydrogen) atoms. The van der Waals surface area contributed by atoms with E-state index in [1.165, 1.54) is 0 Å². The van der Waals surface area contributed by atoms with Gasteiger partial charge in [-0.2, -0.15) is 4.98 Å². The molecule has 0 bridgehead atoms. The number of fused-ring (bicyclic) bond motifs is 1. The number of hydrogen-bond donors (Lipinski definition) is 1. The van der Waals surface area contributed by atoms with Crippen molar-refractivity contribution < 1.29 is 9.21 Å². The highest BCUT2D eigenvalue weighted by Gasteiger charge is 2.10. The van der Waals surface area contributed by atoms with Gasteiger partial charge in [0.25, 0.3) is 5.91 Å². The van der Waals surface area contributed by atoms with Gasteiger partial charge in [0, 0.05) is 18.6 Å². The van der Waals surface area contributed by atoms with Crippen molar-refractivity contribution in [3.63, 3.8) is 0 Å². The lowest BCUT2D eigenvalue weighted by Crippen LogP contribution is -2.13. The van der Waals surface area contributed by atoms with Gasteiger partial charge in [-0.3, -0.25) is 4.79 Å². The topological polar surface area (TPSA) is 68.0 Å². The zero-order valence-electron chi connectivity index (χ0n) is 11.2. The summed E-state index contributed by atoms with van der Waals surface area (Å²) in [5, 5.41) is 2.81. The van der Waals surface area contributed by atoms with Crippen LogP contribution in [-0.4, -0.2) is 15.9 Å². The largest absolute Gasteiger partial charge is 0.439 e. The van der Waals surface area contributed by atoms with E-state index in [-0.39, 0.29) is 5.91 Å². The first-order valence-corrected chi connectivity index (χ1v) is 6.23. The fourth-order valence-corrected chi connectivity index (χ4v) is 2.02. The molecule has 5 nitrogen and oxygen atoms in total. The van der Waals surface area contributed by atoms with Gasteiger partial charge in [0.1, 0.15) is 0 Å². The predicted octanol–water partition coefficient (Wildman–Crippen LogP) is 3.09. The molecule has 2 aromatic heterocycles. The highest BCUT2D eigenvalue weighted by atomic mass is 16.3. The highest BCUT2D eigenvalue weighted by molar-refractivity contribution is 6.05. The number of carbonyl (C=O) groups is 1. The van der Waals surface area contributed by atoms with Crippen molar-refractivity contribution in [2.24, 2.45) is 0 Å². The second-order valence-corrected chi connectivity index (χ2v) is 4.55. The molecule has 0 unspecified atom stereocenters. The molecule has 5 heteroatoms. The molecule has 0 aliphatic rings. The Labute approximate surface area is 115 Å². The second-order valence-electron chi connectivity index (χ2n) is 4.55. The van der Waals surface area contributed by atoms with Gasteiger partial charge in [-0.15, -0.1) is 0 Å². The van der Waals surface area contributed by atoms with Gasteiger partial charge in [0.15, 0.2) is 17.1 Å². The number of aromatic nitrogens is 2. The van der Waals surface area contributed by atoms with Crippen LogP contribution in [0.3, 0.4) is 0 Å². The van der Waals surface area contributed by atoms with Crippen molar-refractivity contribution in [2.45, 2.75) is 13.8 Å². The Hall–Kier alpha value is -2.69. The summed E-state index contributed by atoms with van der Waals surface area (Å²) in [5.41, 5.74) is 3.25. The molecule has 1 N–H and O–H groups in total. The van der Waals surface area contributed by atoms with Gasteiger partial charge >= 0.3 is 0 Å². The monoisotopic (exact) mass is 267 g/mol. The van der Waals surface area contributed by atoms with Crippen LogP contribution >= 0.6 is 0 Å². The average Bonchev–Trinajstić information content (AvgIpc) is 2.78. The van der Waals surface area contributed by atoms with E-state index >= 15 is 0 Å². The Balaban J connectivity index is 1.89. The van der Waals surface area contributed by atoms with Crippen LogP contribution in [-0.2, 0) is 0 Å². The van der Waals surface area contributed by atoms with Crippen LogP contribution in [0.4, 0.5) is 5.69 Å². The smallest absolute Gasteiger partial charge is 0.255 e. The van der Waals surface area contributed by atoms with Crippen molar-refractivity contribution in [3.8, 4) is 0 Å². The molecule has 2 heterocycles. The van der Waals surface area contributed by atoms with E-state index in [4.69, 9.17) is 4.42 Å². The maximum Gasteiger partial charge on any atom is 0.255 e. The molecule has 0 aliphatic carbocycles. The fraction of sp³-hybridized carbons (Fsp3) is 0.133. The molecule has 0 radical (unpaired) electrons. The molecule has 1 aromatic carbocycles. The number of nitrogens with zero attached hydrogens (tertiary/aromatic N) is 2. The Bertz CT molecular complexity index is 793. The van der Waals surface area contributed by atoms with Gasteiger partial charge in [0.05, 0.1) is 11.9 Å². The molecule has 0 fully saturated rings. The van der Waals surface area contributed by atoms with Crippen LogP contribution in [0, 0.1) is 13.8 Å². The molecular formula is C15H13N3O2. The van der Waals surface area contributed by atoms with E-state index in [0.29, 0.717) is 28.4 Å². The number of carbonyl (C=O) groups excluding carboxylic acids is 1. The minimum atomic E-state index is -0.166. The lowest BCUT2D eigenvalue weighted by Gasteiger charge is -2.06. The van der Waals surface area contributed by atoms with Gasteiger partial charge in [-0.05, 0) is 18.6 Å². The first kappa shape index (κ1) is 12.3. The third kappa shape index (κ3) is 2.25. The molecule has 0 atom stereocenters. The summed E-state index contributed by atoms with van der Waals surface area (Å²) in [6.45, 7) is 3.66. The third-order valence-corrected chi connectivity index (χ3v) is 3.00.